The van der Waals surface area contributed by atoms with Gasteiger partial charge in [0.2, 0.25) is 0 Å². The molecule has 0 radical (unpaired) electrons. The Balaban J connectivity index is 1.98. The standard InChI is InChI=1S/C17H26N2O2/c1-4-21-17(20)18-11-16(13(2)3)19-10-9-14-7-5-6-8-15(14)12-19/h5-8,13,16H,4,9-12H2,1-3H3,(H,18,20). The molecule has 1 aliphatic rings. The summed E-state index contributed by atoms with van der Waals surface area (Å²) in [5.74, 6) is 0.484. The average Bonchev–Trinajstić information content (AvgIpc) is 2.47. The predicted octanol–water partition coefficient (Wildman–Crippen LogP) is 2.82. The van der Waals surface area contributed by atoms with E-state index in [1.807, 2.05) is 6.92 Å². The van der Waals surface area contributed by atoms with Crippen LogP contribution in [0, 0.1) is 5.92 Å². The van der Waals surface area contributed by atoms with Crippen molar-refractivity contribution in [2.45, 2.75) is 39.8 Å². The minimum Gasteiger partial charge on any atom is -0.450 e. The zero-order chi connectivity index (χ0) is 15.2. The number of ether oxygens (including phenoxy) is 1. The average molecular weight is 290 g/mol. The third-order valence-electron chi connectivity index (χ3n) is 4.13. The second-order valence-corrected chi connectivity index (χ2v) is 5.90. The first-order valence-corrected chi connectivity index (χ1v) is 7.83. The van der Waals surface area contributed by atoms with Crippen molar-refractivity contribution in [1.82, 2.24) is 10.2 Å². The van der Waals surface area contributed by atoms with Gasteiger partial charge in [-0.25, -0.2) is 4.79 Å². The maximum Gasteiger partial charge on any atom is 0.407 e. The van der Waals surface area contributed by atoms with Crippen molar-refractivity contribution in [1.29, 1.82) is 0 Å². The summed E-state index contributed by atoms with van der Waals surface area (Å²) in [6, 6.07) is 8.97. The highest BCUT2D eigenvalue weighted by Crippen LogP contribution is 2.22. The first-order chi connectivity index (χ1) is 10.1. The van der Waals surface area contributed by atoms with Gasteiger partial charge in [0.25, 0.3) is 0 Å². The third-order valence-corrected chi connectivity index (χ3v) is 4.13. The molecular weight excluding hydrogens is 264 g/mol. The number of benzene rings is 1. The molecular formula is C17H26N2O2. The van der Waals surface area contributed by atoms with Crippen LogP contribution in [0.2, 0.25) is 0 Å². The Morgan fingerprint density at radius 1 is 1.33 bits per heavy atom. The molecule has 1 N–H and O–H groups in total. The second-order valence-electron chi connectivity index (χ2n) is 5.90. The van der Waals surface area contributed by atoms with Gasteiger partial charge in [-0.2, -0.15) is 0 Å². The fraction of sp³-hybridized carbons (Fsp3) is 0.588. The summed E-state index contributed by atoms with van der Waals surface area (Å²) >= 11 is 0. The van der Waals surface area contributed by atoms with Gasteiger partial charge >= 0.3 is 6.09 Å². The largest absolute Gasteiger partial charge is 0.450 e. The van der Waals surface area contributed by atoms with E-state index >= 15 is 0 Å². The minimum absolute atomic E-state index is 0.319. The van der Waals surface area contributed by atoms with Crippen LogP contribution in [0.1, 0.15) is 31.9 Å². The van der Waals surface area contributed by atoms with E-state index in [-0.39, 0.29) is 6.09 Å². The minimum atomic E-state index is -0.319. The highest BCUT2D eigenvalue weighted by Gasteiger charge is 2.26. The number of fused-ring (bicyclic) bond motifs is 1. The lowest BCUT2D eigenvalue weighted by Gasteiger charge is -2.37. The molecule has 0 saturated carbocycles. The molecule has 0 saturated heterocycles. The molecule has 116 valence electrons. The van der Waals surface area contributed by atoms with Crippen molar-refractivity contribution in [2.75, 3.05) is 19.7 Å². The maximum absolute atomic E-state index is 11.5. The lowest BCUT2D eigenvalue weighted by Crippen LogP contribution is -2.48. The number of nitrogens with one attached hydrogen (secondary N) is 1. The van der Waals surface area contributed by atoms with Crippen LogP contribution < -0.4 is 5.32 Å². The van der Waals surface area contributed by atoms with Gasteiger partial charge in [-0.3, -0.25) is 4.90 Å². The molecule has 1 aromatic rings. The first-order valence-electron chi connectivity index (χ1n) is 7.83. The van der Waals surface area contributed by atoms with Crippen molar-refractivity contribution in [3.05, 3.63) is 35.4 Å². The number of carbonyl (C=O) groups is 1. The summed E-state index contributed by atoms with van der Waals surface area (Å²) in [6.07, 6.45) is 0.763. The molecule has 4 nitrogen and oxygen atoms in total. The van der Waals surface area contributed by atoms with Crippen LogP contribution in [0.4, 0.5) is 4.79 Å². The molecule has 2 rings (SSSR count). The molecule has 4 heteroatoms. The highest BCUT2D eigenvalue weighted by atomic mass is 16.5. The monoisotopic (exact) mass is 290 g/mol. The molecule has 0 fully saturated rings. The Bertz CT molecular complexity index is 474. The maximum atomic E-state index is 11.5. The van der Waals surface area contributed by atoms with E-state index in [2.05, 4.69) is 48.3 Å². The van der Waals surface area contributed by atoms with Crippen LogP contribution in [-0.4, -0.2) is 36.7 Å². The summed E-state index contributed by atoms with van der Waals surface area (Å²) in [6.45, 7) is 9.29. The molecule has 1 unspecified atom stereocenters. The van der Waals surface area contributed by atoms with E-state index in [0.29, 0.717) is 25.1 Å². The Hall–Kier alpha value is -1.55. The smallest absolute Gasteiger partial charge is 0.407 e. The van der Waals surface area contributed by atoms with Crippen molar-refractivity contribution in [3.63, 3.8) is 0 Å². The van der Waals surface area contributed by atoms with Crippen molar-refractivity contribution in [2.24, 2.45) is 5.92 Å². The molecule has 1 aliphatic heterocycles. The lowest BCUT2D eigenvalue weighted by atomic mass is 9.95. The predicted molar refractivity (Wildman–Crippen MR) is 84.2 cm³/mol. The fourth-order valence-corrected chi connectivity index (χ4v) is 2.96. The summed E-state index contributed by atoms with van der Waals surface area (Å²) < 4.78 is 4.95. The first kappa shape index (κ1) is 15.8. The summed E-state index contributed by atoms with van der Waals surface area (Å²) in [7, 11) is 0. The topological polar surface area (TPSA) is 41.6 Å². The van der Waals surface area contributed by atoms with Gasteiger partial charge < -0.3 is 10.1 Å². The molecule has 1 amide bonds. The van der Waals surface area contributed by atoms with E-state index in [1.165, 1.54) is 11.1 Å². The van der Waals surface area contributed by atoms with Crippen LogP contribution in [0.25, 0.3) is 0 Å². The number of nitrogens with zero attached hydrogens (tertiary/aromatic N) is 1. The SMILES string of the molecule is CCOC(=O)NCC(C(C)C)N1CCc2ccccc2C1. The Labute approximate surface area is 127 Å². The van der Waals surface area contributed by atoms with Gasteiger partial charge in [0.05, 0.1) is 6.61 Å². The molecule has 1 atom stereocenters. The summed E-state index contributed by atoms with van der Waals surface area (Å²) in [5.41, 5.74) is 2.86. The second kappa shape index (κ2) is 7.46. The van der Waals surface area contributed by atoms with Gasteiger partial charge in [0.1, 0.15) is 0 Å². The van der Waals surface area contributed by atoms with Gasteiger partial charge in [-0.05, 0) is 30.4 Å². The van der Waals surface area contributed by atoms with Crippen molar-refractivity contribution >= 4 is 6.09 Å². The number of rotatable bonds is 5. The molecule has 0 bridgehead atoms. The van der Waals surface area contributed by atoms with E-state index < -0.39 is 0 Å². The summed E-state index contributed by atoms with van der Waals surface area (Å²) in [4.78, 5) is 14.0. The number of carbonyl (C=O) groups excluding carboxylic acids is 1. The lowest BCUT2D eigenvalue weighted by molar-refractivity contribution is 0.122. The Kier molecular flexibility index (Phi) is 5.62. The van der Waals surface area contributed by atoms with Gasteiger partial charge in [0, 0.05) is 25.7 Å². The van der Waals surface area contributed by atoms with E-state index in [4.69, 9.17) is 4.74 Å². The Morgan fingerprint density at radius 2 is 2.05 bits per heavy atom. The number of hydrogen-bond acceptors (Lipinski definition) is 3. The van der Waals surface area contributed by atoms with Gasteiger partial charge in [0.15, 0.2) is 0 Å². The van der Waals surface area contributed by atoms with E-state index in [0.717, 1.165) is 19.5 Å². The van der Waals surface area contributed by atoms with Crippen LogP contribution in [0.15, 0.2) is 24.3 Å². The number of amides is 1. The van der Waals surface area contributed by atoms with E-state index in [1.54, 1.807) is 0 Å². The van der Waals surface area contributed by atoms with Crippen molar-refractivity contribution < 1.29 is 9.53 Å². The molecule has 1 heterocycles. The van der Waals surface area contributed by atoms with E-state index in [9.17, 15) is 4.79 Å². The Morgan fingerprint density at radius 3 is 2.71 bits per heavy atom. The zero-order valence-electron chi connectivity index (χ0n) is 13.3. The van der Waals surface area contributed by atoms with Crippen LogP contribution in [-0.2, 0) is 17.7 Å². The van der Waals surface area contributed by atoms with Gasteiger partial charge in [-0.1, -0.05) is 38.1 Å². The quantitative estimate of drug-likeness (QED) is 0.906. The number of alkyl carbamates (subject to hydrolysis) is 1. The molecule has 21 heavy (non-hydrogen) atoms. The van der Waals surface area contributed by atoms with Crippen LogP contribution >= 0.6 is 0 Å². The molecule has 0 aromatic heterocycles. The fourth-order valence-electron chi connectivity index (χ4n) is 2.96. The molecule has 0 aliphatic carbocycles. The van der Waals surface area contributed by atoms with Gasteiger partial charge in [-0.15, -0.1) is 0 Å². The van der Waals surface area contributed by atoms with Crippen molar-refractivity contribution in [3.8, 4) is 0 Å². The van der Waals surface area contributed by atoms with Crippen LogP contribution in [0.5, 0.6) is 0 Å². The summed E-state index contributed by atoms with van der Waals surface area (Å²) in [5, 5.41) is 2.88. The van der Waals surface area contributed by atoms with Crippen LogP contribution in [0.3, 0.4) is 0 Å². The zero-order valence-corrected chi connectivity index (χ0v) is 13.3. The third kappa shape index (κ3) is 4.21. The molecule has 0 spiro atoms. The molecule has 1 aromatic carbocycles. The normalized spacial score (nSPS) is 16.4. The highest BCUT2D eigenvalue weighted by molar-refractivity contribution is 5.67. The number of hydrogen-bond donors (Lipinski definition) is 1.